The first-order chi connectivity index (χ1) is 8.40. The Kier molecular flexibility index (Phi) is 3.32. The number of rotatable bonds is 3. The van der Waals surface area contributed by atoms with Gasteiger partial charge in [0.15, 0.2) is 0 Å². The van der Waals surface area contributed by atoms with Gasteiger partial charge in [-0.05, 0) is 38.1 Å². The largest absolute Gasteiger partial charge is 0.281 e. The summed E-state index contributed by atoms with van der Waals surface area (Å²) < 4.78 is 26.9. The maximum absolute atomic E-state index is 12.2. The molecule has 96 valence electrons. The highest BCUT2D eigenvalue weighted by Gasteiger charge is 2.22. The number of H-pyrrole nitrogens is 1. The van der Waals surface area contributed by atoms with E-state index < -0.39 is 10.0 Å². The van der Waals surface area contributed by atoms with Crippen LogP contribution in [0.4, 0.5) is 5.69 Å². The fourth-order valence-electron chi connectivity index (χ4n) is 1.66. The van der Waals surface area contributed by atoms with Gasteiger partial charge in [-0.1, -0.05) is 11.6 Å². The lowest BCUT2D eigenvalue weighted by Crippen LogP contribution is -2.14. The summed E-state index contributed by atoms with van der Waals surface area (Å²) in [4.78, 5) is 0.178. The Bertz CT molecular complexity index is 643. The normalized spacial score (nSPS) is 11.5. The molecule has 18 heavy (non-hydrogen) atoms. The first-order valence-electron chi connectivity index (χ1n) is 5.20. The van der Waals surface area contributed by atoms with E-state index in [-0.39, 0.29) is 4.90 Å². The van der Waals surface area contributed by atoms with E-state index >= 15 is 0 Å². The third-order valence-electron chi connectivity index (χ3n) is 2.43. The first kappa shape index (κ1) is 12.9. The Labute approximate surface area is 110 Å². The van der Waals surface area contributed by atoms with Crippen LogP contribution in [0.3, 0.4) is 0 Å². The van der Waals surface area contributed by atoms with Gasteiger partial charge in [-0.2, -0.15) is 5.10 Å². The van der Waals surface area contributed by atoms with Crippen molar-refractivity contribution in [2.45, 2.75) is 18.7 Å². The van der Waals surface area contributed by atoms with Gasteiger partial charge in [0.1, 0.15) is 4.90 Å². The molecule has 5 nitrogen and oxygen atoms in total. The monoisotopic (exact) mass is 285 g/mol. The highest BCUT2D eigenvalue weighted by Crippen LogP contribution is 2.21. The number of anilines is 1. The van der Waals surface area contributed by atoms with Crippen LogP contribution in [0, 0.1) is 13.8 Å². The van der Waals surface area contributed by atoms with Crippen LogP contribution in [0.1, 0.15) is 11.4 Å². The van der Waals surface area contributed by atoms with E-state index in [1.54, 1.807) is 38.1 Å². The number of aromatic amines is 1. The minimum Gasteiger partial charge on any atom is -0.281 e. The third-order valence-corrected chi connectivity index (χ3v) is 4.32. The Hall–Kier alpha value is -1.53. The smallest absolute Gasteiger partial charge is 0.265 e. The van der Waals surface area contributed by atoms with Crippen molar-refractivity contribution < 1.29 is 8.42 Å². The average molecular weight is 286 g/mol. The van der Waals surface area contributed by atoms with E-state index in [4.69, 9.17) is 11.6 Å². The number of nitrogens with one attached hydrogen (secondary N) is 2. The van der Waals surface area contributed by atoms with Crippen molar-refractivity contribution in [2.24, 2.45) is 0 Å². The van der Waals surface area contributed by atoms with Crippen molar-refractivity contribution in [1.82, 2.24) is 10.2 Å². The molecule has 0 aliphatic carbocycles. The van der Waals surface area contributed by atoms with Crippen LogP contribution in [0.2, 0.25) is 5.02 Å². The van der Waals surface area contributed by atoms with E-state index in [0.29, 0.717) is 22.1 Å². The van der Waals surface area contributed by atoms with Crippen LogP contribution in [0.15, 0.2) is 29.2 Å². The van der Waals surface area contributed by atoms with Gasteiger partial charge in [-0.25, -0.2) is 8.42 Å². The van der Waals surface area contributed by atoms with E-state index in [1.165, 1.54) is 0 Å². The summed E-state index contributed by atoms with van der Waals surface area (Å²) in [5, 5.41) is 7.07. The molecule has 0 aliphatic heterocycles. The fraction of sp³-hybridized carbons (Fsp3) is 0.182. The van der Waals surface area contributed by atoms with E-state index in [9.17, 15) is 8.42 Å². The van der Waals surface area contributed by atoms with Crippen LogP contribution < -0.4 is 4.72 Å². The summed E-state index contributed by atoms with van der Waals surface area (Å²) >= 11 is 5.74. The molecule has 0 aliphatic rings. The molecule has 0 saturated carbocycles. The molecule has 2 N–H and O–H groups in total. The maximum Gasteiger partial charge on any atom is 0.265 e. The number of hydrogen-bond acceptors (Lipinski definition) is 3. The van der Waals surface area contributed by atoms with Gasteiger partial charge < -0.3 is 0 Å². The standard InChI is InChI=1S/C11H12ClN3O2S/c1-7-11(8(2)14-13-7)18(16,17)15-10-5-3-9(12)4-6-10/h3-6,15H,1-2H3,(H,13,14). The summed E-state index contributed by atoms with van der Waals surface area (Å²) in [7, 11) is -3.63. The zero-order chi connectivity index (χ0) is 13.3. The maximum atomic E-state index is 12.2. The summed E-state index contributed by atoms with van der Waals surface area (Å²) in [5.74, 6) is 0. The third kappa shape index (κ3) is 2.49. The van der Waals surface area contributed by atoms with Crippen LogP contribution in [0.5, 0.6) is 0 Å². The first-order valence-corrected chi connectivity index (χ1v) is 7.06. The minimum atomic E-state index is -3.63. The molecule has 2 aromatic rings. The number of hydrogen-bond donors (Lipinski definition) is 2. The Balaban J connectivity index is 2.36. The predicted molar refractivity (Wildman–Crippen MR) is 70.3 cm³/mol. The Morgan fingerprint density at radius 2 is 1.83 bits per heavy atom. The summed E-state index contributed by atoms with van der Waals surface area (Å²) in [5.41, 5.74) is 1.40. The summed E-state index contributed by atoms with van der Waals surface area (Å²) in [6.45, 7) is 3.30. The molecule has 1 heterocycles. The van der Waals surface area contributed by atoms with Gasteiger partial charge in [0, 0.05) is 10.7 Å². The molecule has 2 rings (SSSR count). The minimum absolute atomic E-state index is 0.178. The molecule has 0 fully saturated rings. The van der Waals surface area contributed by atoms with Crippen LogP contribution >= 0.6 is 11.6 Å². The molecule has 0 atom stereocenters. The second kappa shape index (κ2) is 4.62. The van der Waals surface area contributed by atoms with Crippen molar-refractivity contribution in [3.8, 4) is 0 Å². The molecular weight excluding hydrogens is 274 g/mol. The topological polar surface area (TPSA) is 74.8 Å². The molecule has 0 spiro atoms. The SMILES string of the molecule is Cc1n[nH]c(C)c1S(=O)(=O)Nc1ccc(Cl)cc1. The van der Waals surface area contributed by atoms with Crippen LogP contribution in [-0.4, -0.2) is 18.6 Å². The number of nitrogens with zero attached hydrogens (tertiary/aromatic N) is 1. The molecule has 1 aromatic carbocycles. The van der Waals surface area contributed by atoms with Gasteiger partial charge in [-0.15, -0.1) is 0 Å². The second-order valence-electron chi connectivity index (χ2n) is 3.88. The quantitative estimate of drug-likeness (QED) is 0.910. The van der Waals surface area contributed by atoms with E-state index in [0.717, 1.165) is 0 Å². The highest BCUT2D eigenvalue weighted by atomic mass is 35.5. The average Bonchev–Trinajstić information content (AvgIpc) is 2.62. The van der Waals surface area contributed by atoms with Crippen molar-refractivity contribution in [3.63, 3.8) is 0 Å². The van der Waals surface area contributed by atoms with Crippen molar-refractivity contribution in [2.75, 3.05) is 4.72 Å². The van der Waals surface area contributed by atoms with E-state index in [1.807, 2.05) is 0 Å². The van der Waals surface area contributed by atoms with Gasteiger partial charge in [-0.3, -0.25) is 9.82 Å². The number of halogens is 1. The van der Waals surface area contributed by atoms with Crippen LogP contribution in [0.25, 0.3) is 0 Å². The molecule has 0 unspecified atom stereocenters. The zero-order valence-corrected chi connectivity index (χ0v) is 11.4. The lowest BCUT2D eigenvalue weighted by Gasteiger charge is -2.08. The van der Waals surface area contributed by atoms with Crippen LogP contribution in [-0.2, 0) is 10.0 Å². The number of benzene rings is 1. The van der Waals surface area contributed by atoms with Crippen molar-refractivity contribution in [1.29, 1.82) is 0 Å². The molecule has 1 aromatic heterocycles. The molecule has 7 heteroatoms. The molecule has 0 radical (unpaired) electrons. The van der Waals surface area contributed by atoms with Gasteiger partial charge in [0.05, 0.1) is 11.4 Å². The summed E-state index contributed by atoms with van der Waals surface area (Å²) in [6, 6.07) is 6.44. The van der Waals surface area contributed by atoms with E-state index in [2.05, 4.69) is 14.9 Å². The number of aromatic nitrogens is 2. The summed E-state index contributed by atoms with van der Waals surface area (Å²) in [6.07, 6.45) is 0. The lowest BCUT2D eigenvalue weighted by atomic mass is 10.3. The lowest BCUT2D eigenvalue weighted by molar-refractivity contribution is 0.600. The Morgan fingerprint density at radius 3 is 2.33 bits per heavy atom. The zero-order valence-electron chi connectivity index (χ0n) is 9.86. The predicted octanol–water partition coefficient (Wildman–Crippen LogP) is 2.48. The Morgan fingerprint density at radius 1 is 1.22 bits per heavy atom. The molecule has 0 amide bonds. The second-order valence-corrected chi connectivity index (χ2v) is 5.93. The number of sulfonamides is 1. The van der Waals surface area contributed by atoms with Gasteiger partial charge in [0.25, 0.3) is 10.0 Å². The molecule has 0 bridgehead atoms. The molecule has 0 saturated heterocycles. The van der Waals surface area contributed by atoms with Crippen molar-refractivity contribution in [3.05, 3.63) is 40.7 Å². The highest BCUT2D eigenvalue weighted by molar-refractivity contribution is 7.92. The van der Waals surface area contributed by atoms with Gasteiger partial charge >= 0.3 is 0 Å². The number of aryl methyl sites for hydroxylation is 2. The van der Waals surface area contributed by atoms with Gasteiger partial charge in [0.2, 0.25) is 0 Å². The molecular formula is C11H12ClN3O2S. The van der Waals surface area contributed by atoms with Crippen molar-refractivity contribution >= 4 is 27.3 Å². The fourth-order valence-corrected chi connectivity index (χ4v) is 3.22.